The Bertz CT molecular complexity index is 577. The van der Waals surface area contributed by atoms with E-state index in [1.54, 1.807) is 23.8 Å². The normalized spacial score (nSPS) is 11.8. The maximum atomic E-state index is 11.9. The van der Waals surface area contributed by atoms with E-state index in [1.807, 2.05) is 0 Å². The van der Waals surface area contributed by atoms with E-state index >= 15 is 0 Å². The number of H-pyrrole nitrogens is 1. The first-order chi connectivity index (χ1) is 8.09. The topological polar surface area (TPSA) is 74.8 Å². The highest BCUT2D eigenvalue weighted by atomic mass is 79.9. The van der Waals surface area contributed by atoms with E-state index in [9.17, 15) is 8.42 Å². The number of thiophene rings is 1. The molecule has 0 aromatic carbocycles. The Morgan fingerprint density at radius 3 is 2.94 bits per heavy atom. The molecule has 2 N–H and O–H groups in total. The molecule has 8 heteroatoms. The number of halogens is 1. The van der Waals surface area contributed by atoms with Gasteiger partial charge < -0.3 is 4.98 Å². The lowest BCUT2D eigenvalue weighted by Crippen LogP contribution is -2.25. The van der Waals surface area contributed by atoms with Gasteiger partial charge >= 0.3 is 0 Å². The van der Waals surface area contributed by atoms with Crippen LogP contribution in [0.3, 0.4) is 0 Å². The van der Waals surface area contributed by atoms with E-state index in [0.717, 1.165) is 5.82 Å². The van der Waals surface area contributed by atoms with Gasteiger partial charge in [-0.1, -0.05) is 0 Å². The summed E-state index contributed by atoms with van der Waals surface area (Å²) in [4.78, 5) is 6.94. The summed E-state index contributed by atoms with van der Waals surface area (Å²) in [5, 5.41) is 1.73. The fourth-order valence-electron chi connectivity index (χ4n) is 1.28. The molecule has 0 unspecified atom stereocenters. The maximum absolute atomic E-state index is 11.9. The van der Waals surface area contributed by atoms with Crippen LogP contribution >= 0.6 is 27.3 Å². The monoisotopic (exact) mass is 335 g/mol. The molecule has 0 spiro atoms. The summed E-state index contributed by atoms with van der Waals surface area (Å²) in [5.41, 5.74) is 0. The summed E-state index contributed by atoms with van der Waals surface area (Å²) in [7, 11) is -3.42. The Morgan fingerprint density at radius 1 is 1.53 bits per heavy atom. The highest BCUT2D eigenvalue weighted by Crippen LogP contribution is 2.27. The number of imidazole rings is 1. The lowest BCUT2D eigenvalue weighted by Gasteiger charge is -2.04. The molecule has 2 aromatic rings. The first kappa shape index (κ1) is 12.7. The first-order valence-corrected chi connectivity index (χ1v) is 7.96. The van der Waals surface area contributed by atoms with Gasteiger partial charge in [0.25, 0.3) is 10.0 Å². The van der Waals surface area contributed by atoms with Gasteiger partial charge in [0.15, 0.2) is 0 Å². The smallest absolute Gasteiger partial charge is 0.251 e. The Labute approximate surface area is 111 Å². The molecule has 0 aliphatic carbocycles. The molecular weight excluding hydrogens is 326 g/mol. The summed E-state index contributed by atoms with van der Waals surface area (Å²) in [5.74, 6) is 0.762. The van der Waals surface area contributed by atoms with Crippen LogP contribution in [0.4, 0.5) is 0 Å². The van der Waals surface area contributed by atoms with E-state index in [0.29, 0.717) is 21.6 Å². The van der Waals surface area contributed by atoms with Crippen LogP contribution in [-0.4, -0.2) is 24.9 Å². The molecule has 2 rings (SSSR count). The van der Waals surface area contributed by atoms with Crippen molar-refractivity contribution in [1.29, 1.82) is 0 Å². The molecule has 0 amide bonds. The average molecular weight is 336 g/mol. The molecule has 2 heterocycles. The second-order valence-corrected chi connectivity index (χ2v) is 6.97. The number of hydrogen-bond donors (Lipinski definition) is 2. The summed E-state index contributed by atoms with van der Waals surface area (Å²) in [6, 6.07) is 1.71. The molecule has 2 aromatic heterocycles. The van der Waals surface area contributed by atoms with Crippen molar-refractivity contribution < 1.29 is 8.42 Å². The van der Waals surface area contributed by atoms with Gasteiger partial charge in [-0.25, -0.2) is 18.1 Å². The van der Waals surface area contributed by atoms with Gasteiger partial charge in [-0.15, -0.1) is 11.3 Å². The number of hydrogen-bond acceptors (Lipinski definition) is 4. The van der Waals surface area contributed by atoms with Gasteiger partial charge in [-0.05, 0) is 27.4 Å². The highest BCUT2D eigenvalue weighted by Gasteiger charge is 2.18. The van der Waals surface area contributed by atoms with Crippen molar-refractivity contribution in [2.45, 2.75) is 10.6 Å². The molecule has 5 nitrogen and oxygen atoms in total. The Morgan fingerprint density at radius 2 is 2.35 bits per heavy atom. The van der Waals surface area contributed by atoms with E-state index in [4.69, 9.17) is 0 Å². The van der Waals surface area contributed by atoms with E-state index in [-0.39, 0.29) is 0 Å². The van der Waals surface area contributed by atoms with E-state index in [2.05, 4.69) is 30.6 Å². The van der Waals surface area contributed by atoms with E-state index < -0.39 is 10.0 Å². The van der Waals surface area contributed by atoms with Crippen LogP contribution in [0.1, 0.15) is 5.82 Å². The van der Waals surface area contributed by atoms with Crippen molar-refractivity contribution >= 4 is 37.3 Å². The fourth-order valence-corrected chi connectivity index (χ4v) is 4.69. The zero-order chi connectivity index (χ0) is 12.3. The third-order valence-electron chi connectivity index (χ3n) is 2.04. The largest absolute Gasteiger partial charge is 0.349 e. The predicted molar refractivity (Wildman–Crippen MR) is 69.5 cm³/mol. The van der Waals surface area contributed by atoms with Gasteiger partial charge in [0, 0.05) is 29.8 Å². The highest BCUT2D eigenvalue weighted by molar-refractivity contribution is 9.10. The standard InChI is InChI=1S/C9H10BrN3O2S2/c10-7-2-6-16-9(7)17(14,15)13-3-1-8-11-4-5-12-8/h2,4-6,13H,1,3H2,(H,11,12). The molecule has 0 radical (unpaired) electrons. The van der Waals surface area contributed by atoms with Crippen LogP contribution in [0.2, 0.25) is 0 Å². The third kappa shape index (κ3) is 3.15. The molecule has 0 saturated heterocycles. The second-order valence-electron chi connectivity index (χ2n) is 3.24. The van der Waals surface area contributed by atoms with Crippen molar-refractivity contribution in [1.82, 2.24) is 14.7 Å². The third-order valence-corrected chi connectivity index (χ3v) is 6.17. The Balaban J connectivity index is 1.97. The second kappa shape index (κ2) is 5.30. The molecule has 0 saturated carbocycles. The number of sulfonamides is 1. The molecule has 92 valence electrons. The van der Waals surface area contributed by atoms with Gasteiger partial charge in [-0.2, -0.15) is 0 Å². The summed E-state index contributed by atoms with van der Waals surface area (Å²) in [6.45, 7) is 0.320. The zero-order valence-electron chi connectivity index (χ0n) is 8.68. The molecule has 0 bridgehead atoms. The maximum Gasteiger partial charge on any atom is 0.251 e. The summed E-state index contributed by atoms with van der Waals surface area (Å²) < 4.78 is 27.2. The molecule has 0 fully saturated rings. The van der Waals surface area contributed by atoms with Gasteiger partial charge in [-0.3, -0.25) is 0 Å². The fraction of sp³-hybridized carbons (Fsp3) is 0.222. The minimum absolute atomic E-state index is 0.303. The minimum atomic E-state index is -3.42. The number of nitrogens with zero attached hydrogens (tertiary/aromatic N) is 1. The quantitative estimate of drug-likeness (QED) is 0.874. The molecule has 0 aliphatic heterocycles. The van der Waals surface area contributed by atoms with Crippen LogP contribution < -0.4 is 4.72 Å². The molecule has 17 heavy (non-hydrogen) atoms. The average Bonchev–Trinajstić information content (AvgIpc) is 2.88. The summed E-state index contributed by atoms with van der Waals surface area (Å²) in [6.07, 6.45) is 3.88. The van der Waals surface area contributed by atoms with Crippen molar-refractivity contribution in [3.8, 4) is 0 Å². The molecule has 0 atom stereocenters. The SMILES string of the molecule is O=S(=O)(NCCc1ncc[nH]1)c1sccc1Br. The lowest BCUT2D eigenvalue weighted by atomic mass is 10.4. The Kier molecular flexibility index (Phi) is 3.97. The van der Waals surface area contributed by atoms with Gasteiger partial charge in [0.1, 0.15) is 10.0 Å². The zero-order valence-corrected chi connectivity index (χ0v) is 11.9. The number of rotatable bonds is 5. The number of aromatic nitrogens is 2. The minimum Gasteiger partial charge on any atom is -0.349 e. The van der Waals surface area contributed by atoms with Crippen molar-refractivity contribution in [3.63, 3.8) is 0 Å². The number of nitrogens with one attached hydrogen (secondary N) is 2. The van der Waals surface area contributed by atoms with Crippen LogP contribution in [0, 0.1) is 0 Å². The Hall–Kier alpha value is -0.700. The molecular formula is C9H10BrN3O2S2. The van der Waals surface area contributed by atoms with E-state index in [1.165, 1.54) is 11.3 Å². The first-order valence-electron chi connectivity index (χ1n) is 4.80. The van der Waals surface area contributed by atoms with Gasteiger partial charge in [0.05, 0.1) is 0 Å². The number of aromatic amines is 1. The van der Waals surface area contributed by atoms with Crippen molar-refractivity contribution in [2.75, 3.05) is 6.54 Å². The molecule has 0 aliphatic rings. The van der Waals surface area contributed by atoms with Crippen LogP contribution in [0.25, 0.3) is 0 Å². The predicted octanol–water partition coefficient (Wildman–Crippen LogP) is 1.75. The van der Waals surface area contributed by atoms with Crippen LogP contribution in [0.5, 0.6) is 0 Å². The van der Waals surface area contributed by atoms with Crippen LogP contribution in [0.15, 0.2) is 32.5 Å². The van der Waals surface area contributed by atoms with Crippen molar-refractivity contribution in [2.24, 2.45) is 0 Å². The van der Waals surface area contributed by atoms with Gasteiger partial charge in [0.2, 0.25) is 0 Å². The lowest BCUT2D eigenvalue weighted by molar-refractivity contribution is 0.582. The van der Waals surface area contributed by atoms with Crippen LogP contribution in [-0.2, 0) is 16.4 Å². The summed E-state index contributed by atoms with van der Waals surface area (Å²) >= 11 is 4.39. The van der Waals surface area contributed by atoms with Crippen molar-refractivity contribution in [3.05, 3.63) is 34.1 Å².